The fourth-order valence-corrected chi connectivity index (χ4v) is 3.73. The Morgan fingerprint density at radius 3 is 2.64 bits per heavy atom. The Morgan fingerprint density at radius 1 is 1.28 bits per heavy atom. The fraction of sp³-hybridized carbons (Fsp3) is 0.471. The zero-order valence-corrected chi connectivity index (χ0v) is 15.3. The molecule has 1 aliphatic heterocycles. The lowest BCUT2D eigenvalue weighted by molar-refractivity contribution is -0.140. The van der Waals surface area contributed by atoms with Gasteiger partial charge in [-0.1, -0.05) is 23.9 Å². The number of hydrogen-bond donors (Lipinski definition) is 0. The Hall–Kier alpha value is -1.93. The highest BCUT2D eigenvalue weighted by atomic mass is 32.2. The second kappa shape index (κ2) is 7.53. The van der Waals surface area contributed by atoms with Crippen molar-refractivity contribution in [3.8, 4) is 11.4 Å². The van der Waals surface area contributed by atoms with Crippen LogP contribution in [-0.2, 0) is 16.6 Å². The summed E-state index contributed by atoms with van der Waals surface area (Å²) in [6, 6.07) is 6.44. The number of amides is 1. The predicted octanol–water partition coefficient (Wildman–Crippen LogP) is 2.35. The van der Waals surface area contributed by atoms with E-state index in [1.165, 1.54) is 17.8 Å². The first-order valence-electron chi connectivity index (χ1n) is 8.16. The van der Waals surface area contributed by atoms with E-state index in [4.69, 9.17) is 4.74 Å². The third kappa shape index (κ3) is 4.01. The number of ether oxygens (including phenoxy) is 1. The average Bonchev–Trinajstić information content (AvgIpc) is 2.93. The molecule has 1 fully saturated rings. The van der Waals surface area contributed by atoms with Crippen molar-refractivity contribution in [3.05, 3.63) is 30.1 Å². The zero-order chi connectivity index (χ0) is 18.0. The molecule has 0 spiro atoms. The fourth-order valence-electron chi connectivity index (χ4n) is 2.92. The maximum absolute atomic E-state index is 13.9. The predicted molar refractivity (Wildman–Crippen MR) is 93.7 cm³/mol. The van der Waals surface area contributed by atoms with Crippen LogP contribution in [0.3, 0.4) is 0 Å². The summed E-state index contributed by atoms with van der Waals surface area (Å²) in [4.78, 5) is 14.3. The number of thioether (sulfide) groups is 1. The van der Waals surface area contributed by atoms with Crippen LogP contribution in [0, 0.1) is 5.82 Å². The minimum Gasteiger partial charge on any atom is -0.372 e. The molecule has 0 N–H and O–H groups in total. The number of morpholine rings is 1. The van der Waals surface area contributed by atoms with E-state index in [0.717, 1.165) is 0 Å². The van der Waals surface area contributed by atoms with E-state index in [9.17, 15) is 9.18 Å². The number of rotatable bonds is 4. The number of hydrogen-bond acceptors (Lipinski definition) is 5. The van der Waals surface area contributed by atoms with Gasteiger partial charge in [0.15, 0.2) is 11.0 Å². The summed E-state index contributed by atoms with van der Waals surface area (Å²) in [7, 11) is 1.77. The summed E-state index contributed by atoms with van der Waals surface area (Å²) in [6.45, 7) is 5.13. The maximum atomic E-state index is 13.9. The van der Waals surface area contributed by atoms with E-state index in [-0.39, 0.29) is 29.7 Å². The van der Waals surface area contributed by atoms with Crippen LogP contribution in [0.5, 0.6) is 0 Å². The molecule has 2 heterocycles. The van der Waals surface area contributed by atoms with Crippen LogP contribution in [-0.4, -0.2) is 56.6 Å². The first-order chi connectivity index (χ1) is 12.0. The lowest BCUT2D eigenvalue weighted by Gasteiger charge is -2.35. The molecule has 1 saturated heterocycles. The molecule has 2 aromatic rings. The van der Waals surface area contributed by atoms with E-state index in [1.54, 1.807) is 29.8 Å². The van der Waals surface area contributed by atoms with Crippen molar-refractivity contribution < 1.29 is 13.9 Å². The SMILES string of the molecule is C[C@@H]1CN(C(=O)CSc2nnc(-c3ccccc3F)n2C)C[C@H](C)O1. The van der Waals surface area contributed by atoms with Crippen LogP contribution in [0.15, 0.2) is 29.4 Å². The third-order valence-corrected chi connectivity index (χ3v) is 5.05. The largest absolute Gasteiger partial charge is 0.372 e. The first-order valence-corrected chi connectivity index (χ1v) is 9.14. The molecule has 1 aromatic heterocycles. The Kier molecular flexibility index (Phi) is 5.39. The average molecular weight is 364 g/mol. The van der Waals surface area contributed by atoms with E-state index >= 15 is 0 Å². The van der Waals surface area contributed by atoms with Crippen LogP contribution >= 0.6 is 11.8 Å². The number of benzene rings is 1. The molecule has 8 heteroatoms. The highest BCUT2D eigenvalue weighted by Crippen LogP contribution is 2.25. The summed E-state index contributed by atoms with van der Waals surface area (Å²) in [5, 5.41) is 8.75. The molecule has 6 nitrogen and oxygen atoms in total. The lowest BCUT2D eigenvalue weighted by atomic mass is 10.2. The van der Waals surface area contributed by atoms with Crippen molar-refractivity contribution in [1.29, 1.82) is 0 Å². The number of halogens is 1. The van der Waals surface area contributed by atoms with Gasteiger partial charge in [0.25, 0.3) is 0 Å². The second-order valence-electron chi connectivity index (χ2n) is 6.19. The Morgan fingerprint density at radius 2 is 1.96 bits per heavy atom. The standard InChI is InChI=1S/C17H21FN4O2S/c1-11-8-22(9-12(2)24-11)15(23)10-25-17-20-19-16(21(17)3)13-6-4-5-7-14(13)18/h4-7,11-12H,8-10H2,1-3H3/t11-,12+. The Labute approximate surface area is 150 Å². The van der Waals surface area contributed by atoms with Crippen LogP contribution < -0.4 is 0 Å². The van der Waals surface area contributed by atoms with Gasteiger partial charge in [0, 0.05) is 20.1 Å². The monoisotopic (exact) mass is 364 g/mol. The number of carbonyl (C=O) groups excluding carboxylic acids is 1. The quantitative estimate of drug-likeness (QED) is 0.780. The van der Waals surface area contributed by atoms with Crippen LogP contribution in [0.4, 0.5) is 4.39 Å². The van der Waals surface area contributed by atoms with Gasteiger partial charge in [-0.15, -0.1) is 10.2 Å². The van der Waals surface area contributed by atoms with Crippen LogP contribution in [0.2, 0.25) is 0 Å². The molecule has 2 atom stereocenters. The van der Waals surface area contributed by atoms with Gasteiger partial charge in [0.2, 0.25) is 5.91 Å². The highest BCUT2D eigenvalue weighted by Gasteiger charge is 2.26. The summed E-state index contributed by atoms with van der Waals surface area (Å²) >= 11 is 1.31. The van der Waals surface area contributed by atoms with Crippen molar-refractivity contribution in [3.63, 3.8) is 0 Å². The molecular weight excluding hydrogens is 343 g/mol. The molecule has 134 valence electrons. The van der Waals surface area contributed by atoms with Crippen molar-refractivity contribution in [2.45, 2.75) is 31.2 Å². The maximum Gasteiger partial charge on any atom is 0.233 e. The molecule has 0 bridgehead atoms. The van der Waals surface area contributed by atoms with Gasteiger partial charge in [-0.25, -0.2) is 4.39 Å². The van der Waals surface area contributed by atoms with Crippen molar-refractivity contribution in [1.82, 2.24) is 19.7 Å². The van der Waals surface area contributed by atoms with Gasteiger partial charge in [-0.3, -0.25) is 4.79 Å². The molecule has 0 unspecified atom stereocenters. The molecule has 1 aromatic carbocycles. The Balaban J connectivity index is 1.66. The van der Waals surface area contributed by atoms with Crippen molar-refractivity contribution in [2.75, 3.05) is 18.8 Å². The molecule has 1 aliphatic rings. The molecule has 25 heavy (non-hydrogen) atoms. The minimum atomic E-state index is -0.345. The number of nitrogens with zero attached hydrogens (tertiary/aromatic N) is 4. The molecule has 0 aliphatic carbocycles. The normalized spacial score (nSPS) is 20.7. The van der Waals surface area contributed by atoms with Crippen molar-refractivity contribution in [2.24, 2.45) is 7.05 Å². The topological polar surface area (TPSA) is 60.2 Å². The molecular formula is C17H21FN4O2S. The Bertz CT molecular complexity index is 757. The first kappa shape index (κ1) is 17.9. The summed E-state index contributed by atoms with van der Waals surface area (Å²) in [6.07, 6.45) is 0.0837. The van der Waals surface area contributed by atoms with Gasteiger partial charge < -0.3 is 14.2 Å². The number of carbonyl (C=O) groups is 1. The van der Waals surface area contributed by atoms with Crippen LogP contribution in [0.1, 0.15) is 13.8 Å². The third-order valence-electron chi connectivity index (χ3n) is 4.05. The number of aromatic nitrogens is 3. The highest BCUT2D eigenvalue weighted by molar-refractivity contribution is 7.99. The molecule has 1 amide bonds. The van der Waals surface area contributed by atoms with E-state index < -0.39 is 0 Å². The zero-order valence-electron chi connectivity index (χ0n) is 14.5. The van der Waals surface area contributed by atoms with Gasteiger partial charge >= 0.3 is 0 Å². The van der Waals surface area contributed by atoms with Crippen molar-refractivity contribution >= 4 is 17.7 Å². The summed E-state index contributed by atoms with van der Waals surface area (Å²) < 4.78 is 21.3. The molecule has 0 radical (unpaired) electrons. The van der Waals surface area contributed by atoms with Gasteiger partial charge in [-0.05, 0) is 26.0 Å². The van der Waals surface area contributed by atoms with E-state index in [0.29, 0.717) is 29.6 Å². The van der Waals surface area contributed by atoms with Crippen LogP contribution in [0.25, 0.3) is 11.4 Å². The van der Waals surface area contributed by atoms with E-state index in [1.807, 2.05) is 18.7 Å². The van der Waals surface area contributed by atoms with E-state index in [2.05, 4.69) is 10.2 Å². The molecule has 0 saturated carbocycles. The second-order valence-corrected chi connectivity index (χ2v) is 7.13. The van der Waals surface area contributed by atoms with Gasteiger partial charge in [0.05, 0.1) is 23.5 Å². The summed E-state index contributed by atoms with van der Waals surface area (Å²) in [5.41, 5.74) is 0.395. The minimum absolute atomic E-state index is 0.0418. The smallest absolute Gasteiger partial charge is 0.233 e. The molecule has 3 rings (SSSR count). The summed E-state index contributed by atoms with van der Waals surface area (Å²) in [5.74, 6) is 0.411. The van der Waals surface area contributed by atoms with Gasteiger partial charge in [-0.2, -0.15) is 0 Å². The van der Waals surface area contributed by atoms with Gasteiger partial charge in [0.1, 0.15) is 5.82 Å². The lowest BCUT2D eigenvalue weighted by Crippen LogP contribution is -2.48.